The topological polar surface area (TPSA) is 38.0 Å². The van der Waals surface area contributed by atoms with E-state index in [9.17, 15) is 5.11 Å². The number of nitrogens with zero attached hydrogens (tertiary/aromatic N) is 2. The third-order valence-corrected chi connectivity index (χ3v) is 2.80. The van der Waals surface area contributed by atoms with E-state index in [-0.39, 0.29) is 11.5 Å². The van der Waals surface area contributed by atoms with E-state index in [1.165, 1.54) is 0 Å². The van der Waals surface area contributed by atoms with E-state index in [2.05, 4.69) is 39.7 Å². The van der Waals surface area contributed by atoms with Crippen molar-refractivity contribution in [1.82, 2.24) is 9.78 Å². The summed E-state index contributed by atoms with van der Waals surface area (Å²) in [7, 11) is 0. The normalized spacial score (nSPS) is 12.8. The molecule has 0 aliphatic rings. The van der Waals surface area contributed by atoms with Gasteiger partial charge in [0.15, 0.2) is 0 Å². The van der Waals surface area contributed by atoms with E-state index >= 15 is 0 Å². The van der Waals surface area contributed by atoms with E-state index in [0.29, 0.717) is 11.8 Å². The minimum atomic E-state index is -0.0680. The van der Waals surface area contributed by atoms with Crippen LogP contribution in [0, 0.1) is 5.92 Å². The minimum absolute atomic E-state index is 0.0680. The molecule has 0 aliphatic carbocycles. The van der Waals surface area contributed by atoms with E-state index in [4.69, 9.17) is 0 Å². The van der Waals surface area contributed by atoms with Crippen LogP contribution in [0.4, 0.5) is 0 Å². The molecule has 0 radical (unpaired) electrons. The summed E-state index contributed by atoms with van der Waals surface area (Å²) in [5.74, 6) is 0.883. The third kappa shape index (κ3) is 3.02. The van der Waals surface area contributed by atoms with Crippen molar-refractivity contribution in [2.24, 2.45) is 5.92 Å². The van der Waals surface area contributed by atoms with Crippen molar-refractivity contribution in [3.8, 4) is 5.88 Å². The molecule has 3 nitrogen and oxygen atoms in total. The van der Waals surface area contributed by atoms with Crippen LogP contribution in [0.3, 0.4) is 0 Å². The predicted octanol–water partition coefficient (Wildman–Crippen LogP) is 3.67. The van der Waals surface area contributed by atoms with Crippen LogP contribution < -0.4 is 0 Å². The van der Waals surface area contributed by atoms with Gasteiger partial charge in [0.1, 0.15) is 0 Å². The van der Waals surface area contributed by atoms with Crippen molar-refractivity contribution in [2.45, 2.75) is 66.3 Å². The molecule has 0 saturated heterocycles. The van der Waals surface area contributed by atoms with Gasteiger partial charge < -0.3 is 5.11 Å². The Morgan fingerprint density at radius 3 is 2.06 bits per heavy atom. The minimum Gasteiger partial charge on any atom is -0.493 e. The fourth-order valence-electron chi connectivity index (χ4n) is 2.13. The Morgan fingerprint density at radius 2 is 1.71 bits per heavy atom. The summed E-state index contributed by atoms with van der Waals surface area (Å²) >= 11 is 0. The van der Waals surface area contributed by atoms with Gasteiger partial charge in [0.25, 0.3) is 0 Å². The van der Waals surface area contributed by atoms with Crippen molar-refractivity contribution in [3.05, 3.63) is 11.3 Å². The molecule has 98 valence electrons. The molecule has 17 heavy (non-hydrogen) atoms. The molecule has 0 bridgehead atoms. The molecule has 0 atom stereocenters. The van der Waals surface area contributed by atoms with Gasteiger partial charge in [-0.2, -0.15) is 5.10 Å². The van der Waals surface area contributed by atoms with Crippen LogP contribution in [-0.2, 0) is 11.8 Å². The van der Waals surface area contributed by atoms with E-state index < -0.39 is 0 Å². The Bertz CT molecular complexity index is 384. The molecule has 0 fully saturated rings. The Hall–Kier alpha value is -0.990. The zero-order chi connectivity index (χ0) is 13.4. The first kappa shape index (κ1) is 14.1. The Morgan fingerprint density at radius 1 is 1.18 bits per heavy atom. The van der Waals surface area contributed by atoms with Gasteiger partial charge in [-0.1, -0.05) is 34.6 Å². The van der Waals surface area contributed by atoms with Crippen LogP contribution in [0.1, 0.15) is 65.8 Å². The zero-order valence-corrected chi connectivity index (χ0v) is 12.2. The van der Waals surface area contributed by atoms with Gasteiger partial charge in [-0.3, -0.25) is 0 Å². The first-order valence-electron chi connectivity index (χ1n) is 6.45. The van der Waals surface area contributed by atoms with Crippen molar-refractivity contribution in [2.75, 3.05) is 0 Å². The maximum Gasteiger partial charge on any atom is 0.213 e. The maximum absolute atomic E-state index is 10.3. The van der Waals surface area contributed by atoms with Crippen LogP contribution >= 0.6 is 0 Å². The van der Waals surface area contributed by atoms with Crippen LogP contribution in [0.5, 0.6) is 5.88 Å². The standard InChI is InChI=1S/C14H26N2O/c1-9(2)8-11-12(14(5,6)7)13(17)16(15-11)10(3)4/h9-10,17H,8H2,1-7H3. The molecule has 1 aromatic rings. The molecule has 0 spiro atoms. The molecule has 0 amide bonds. The Kier molecular flexibility index (Phi) is 3.90. The summed E-state index contributed by atoms with van der Waals surface area (Å²) in [5.41, 5.74) is 1.97. The van der Waals surface area contributed by atoms with Gasteiger partial charge in [0.2, 0.25) is 5.88 Å². The molecule has 1 aromatic heterocycles. The summed E-state index contributed by atoms with van der Waals surface area (Å²) in [6.07, 6.45) is 0.917. The Balaban J connectivity index is 3.32. The number of aromatic nitrogens is 2. The molecule has 1 rings (SSSR count). The van der Waals surface area contributed by atoms with Gasteiger partial charge in [0.05, 0.1) is 11.7 Å². The molecular formula is C14H26N2O. The summed E-state index contributed by atoms with van der Waals surface area (Å²) in [6, 6.07) is 0.192. The monoisotopic (exact) mass is 238 g/mol. The number of hydrogen-bond acceptors (Lipinski definition) is 2. The van der Waals surface area contributed by atoms with Gasteiger partial charge in [-0.15, -0.1) is 0 Å². The van der Waals surface area contributed by atoms with E-state index in [1.807, 2.05) is 13.8 Å². The van der Waals surface area contributed by atoms with Crippen molar-refractivity contribution >= 4 is 0 Å². The van der Waals surface area contributed by atoms with Crippen LogP contribution in [0.2, 0.25) is 0 Å². The summed E-state index contributed by atoms with van der Waals surface area (Å²) in [4.78, 5) is 0. The van der Waals surface area contributed by atoms with Gasteiger partial charge in [-0.05, 0) is 31.6 Å². The van der Waals surface area contributed by atoms with E-state index in [1.54, 1.807) is 4.68 Å². The van der Waals surface area contributed by atoms with Crippen LogP contribution in [0.15, 0.2) is 0 Å². The molecule has 0 unspecified atom stereocenters. The smallest absolute Gasteiger partial charge is 0.213 e. The second-order valence-corrected chi connectivity index (χ2v) is 6.53. The average Bonchev–Trinajstić information content (AvgIpc) is 2.40. The predicted molar refractivity (Wildman–Crippen MR) is 71.5 cm³/mol. The lowest BCUT2D eigenvalue weighted by Crippen LogP contribution is -2.14. The molecule has 1 heterocycles. The van der Waals surface area contributed by atoms with Crippen molar-refractivity contribution in [1.29, 1.82) is 0 Å². The molecule has 0 saturated carbocycles. The number of rotatable bonds is 3. The van der Waals surface area contributed by atoms with Gasteiger partial charge in [0, 0.05) is 5.56 Å². The Labute approximate surface area is 105 Å². The van der Waals surface area contributed by atoms with E-state index in [0.717, 1.165) is 17.7 Å². The molecule has 0 aliphatic heterocycles. The third-order valence-electron chi connectivity index (χ3n) is 2.80. The van der Waals surface area contributed by atoms with Crippen molar-refractivity contribution < 1.29 is 5.11 Å². The summed E-state index contributed by atoms with van der Waals surface area (Å²) < 4.78 is 1.73. The summed E-state index contributed by atoms with van der Waals surface area (Å²) in [5, 5.41) is 14.9. The van der Waals surface area contributed by atoms with Crippen LogP contribution in [0.25, 0.3) is 0 Å². The van der Waals surface area contributed by atoms with Gasteiger partial charge in [-0.25, -0.2) is 4.68 Å². The number of aromatic hydroxyl groups is 1. The first-order valence-corrected chi connectivity index (χ1v) is 6.45. The van der Waals surface area contributed by atoms with Crippen LogP contribution in [-0.4, -0.2) is 14.9 Å². The first-order chi connectivity index (χ1) is 7.64. The highest BCUT2D eigenvalue weighted by Gasteiger charge is 2.28. The molecule has 0 aromatic carbocycles. The zero-order valence-electron chi connectivity index (χ0n) is 12.2. The highest BCUT2D eigenvalue weighted by molar-refractivity contribution is 5.37. The largest absolute Gasteiger partial charge is 0.493 e. The molecular weight excluding hydrogens is 212 g/mol. The number of hydrogen-bond donors (Lipinski definition) is 1. The lowest BCUT2D eigenvalue weighted by atomic mass is 9.85. The van der Waals surface area contributed by atoms with Crippen molar-refractivity contribution in [3.63, 3.8) is 0 Å². The van der Waals surface area contributed by atoms with Gasteiger partial charge >= 0.3 is 0 Å². The highest BCUT2D eigenvalue weighted by atomic mass is 16.3. The highest BCUT2D eigenvalue weighted by Crippen LogP contribution is 2.36. The lowest BCUT2D eigenvalue weighted by Gasteiger charge is -2.19. The second-order valence-electron chi connectivity index (χ2n) is 6.53. The second kappa shape index (κ2) is 4.71. The molecule has 1 N–H and O–H groups in total. The quantitative estimate of drug-likeness (QED) is 0.872. The SMILES string of the molecule is CC(C)Cc1nn(C(C)C)c(O)c1C(C)(C)C. The average molecular weight is 238 g/mol. The maximum atomic E-state index is 10.3. The fourth-order valence-corrected chi connectivity index (χ4v) is 2.13. The summed E-state index contributed by atoms with van der Waals surface area (Å²) in [6.45, 7) is 14.8. The molecule has 3 heteroatoms. The fraction of sp³-hybridized carbons (Fsp3) is 0.786. The lowest BCUT2D eigenvalue weighted by molar-refractivity contribution is 0.365.